The van der Waals surface area contributed by atoms with E-state index in [0.29, 0.717) is 13.0 Å². The summed E-state index contributed by atoms with van der Waals surface area (Å²) in [6.45, 7) is 12.2. The molecule has 0 aromatic rings. The van der Waals surface area contributed by atoms with Gasteiger partial charge in [0.2, 0.25) is 0 Å². The average Bonchev–Trinajstić information content (AvgIpc) is 2.40. The van der Waals surface area contributed by atoms with Crippen LogP contribution in [-0.4, -0.2) is 54.6 Å². The van der Waals surface area contributed by atoms with Gasteiger partial charge in [0.15, 0.2) is 5.78 Å². The highest BCUT2D eigenvalue weighted by atomic mass is 16.1. The lowest BCUT2D eigenvalue weighted by atomic mass is 9.94. The molecule has 0 saturated carbocycles. The molecule has 0 atom stereocenters. The Kier molecular flexibility index (Phi) is 8.66. The molecular weight excluding hydrogens is 282 g/mol. The van der Waals surface area contributed by atoms with Crippen molar-refractivity contribution in [1.29, 1.82) is 0 Å². The highest BCUT2D eigenvalue weighted by Crippen LogP contribution is 2.10. The van der Waals surface area contributed by atoms with Gasteiger partial charge in [-0.05, 0) is 41.2 Å². The number of ketones is 3. The Bertz CT molecular complexity index is 403. The Morgan fingerprint density at radius 1 is 0.909 bits per heavy atom. The molecule has 22 heavy (non-hydrogen) atoms. The molecule has 0 aliphatic rings. The zero-order valence-corrected chi connectivity index (χ0v) is 14.8. The molecule has 0 rings (SSSR count). The molecule has 0 spiro atoms. The smallest absolute Gasteiger partial charge is 0.166 e. The molecule has 0 fully saturated rings. The molecule has 0 aromatic heterocycles. The number of rotatable bonds is 12. The van der Waals surface area contributed by atoms with Crippen molar-refractivity contribution in [2.45, 2.75) is 59.0 Å². The van der Waals surface area contributed by atoms with E-state index in [1.165, 1.54) is 6.92 Å². The van der Waals surface area contributed by atoms with Gasteiger partial charge in [0, 0.05) is 12.0 Å². The van der Waals surface area contributed by atoms with Crippen LogP contribution in [0.1, 0.15) is 48.0 Å². The SMILES string of the molecule is CCNCC(=O)CC(C)(C)NCC(=O)C(C)(C)NCC(C)=O. The van der Waals surface area contributed by atoms with Crippen LogP contribution in [-0.2, 0) is 14.4 Å². The summed E-state index contributed by atoms with van der Waals surface area (Å²) in [5.41, 5.74) is -1.22. The predicted molar refractivity (Wildman–Crippen MR) is 88.0 cm³/mol. The summed E-state index contributed by atoms with van der Waals surface area (Å²) in [5, 5.41) is 9.08. The first-order valence-electron chi connectivity index (χ1n) is 7.75. The van der Waals surface area contributed by atoms with E-state index in [4.69, 9.17) is 0 Å². The van der Waals surface area contributed by atoms with Crippen molar-refractivity contribution in [3.8, 4) is 0 Å². The number of likely N-dealkylation sites (N-methyl/N-ethyl adjacent to an activating group) is 1. The molecule has 0 aromatic carbocycles. The van der Waals surface area contributed by atoms with Gasteiger partial charge >= 0.3 is 0 Å². The van der Waals surface area contributed by atoms with E-state index in [-0.39, 0.29) is 30.4 Å². The van der Waals surface area contributed by atoms with Gasteiger partial charge in [0.05, 0.1) is 25.2 Å². The second-order valence-corrected chi connectivity index (χ2v) is 6.84. The van der Waals surface area contributed by atoms with Crippen molar-refractivity contribution in [2.24, 2.45) is 0 Å². The first-order valence-corrected chi connectivity index (χ1v) is 7.75. The maximum Gasteiger partial charge on any atom is 0.166 e. The molecule has 0 aliphatic heterocycles. The summed E-state index contributed by atoms with van der Waals surface area (Å²) in [6, 6.07) is 0. The normalized spacial score (nSPS) is 12.3. The quantitative estimate of drug-likeness (QED) is 0.485. The zero-order valence-electron chi connectivity index (χ0n) is 14.8. The van der Waals surface area contributed by atoms with Gasteiger partial charge < -0.3 is 10.6 Å². The third-order valence-electron chi connectivity index (χ3n) is 3.42. The number of carbonyl (C=O) groups is 3. The minimum absolute atomic E-state index is 0.0109. The molecule has 0 heterocycles. The van der Waals surface area contributed by atoms with Gasteiger partial charge in [-0.2, -0.15) is 0 Å². The lowest BCUT2D eigenvalue weighted by Gasteiger charge is -2.29. The topological polar surface area (TPSA) is 87.3 Å². The van der Waals surface area contributed by atoms with Crippen LogP contribution < -0.4 is 16.0 Å². The molecule has 6 heteroatoms. The van der Waals surface area contributed by atoms with E-state index < -0.39 is 11.1 Å². The van der Waals surface area contributed by atoms with E-state index in [1.54, 1.807) is 13.8 Å². The van der Waals surface area contributed by atoms with Crippen LogP contribution in [0.3, 0.4) is 0 Å². The van der Waals surface area contributed by atoms with Gasteiger partial charge in [-0.1, -0.05) is 6.92 Å². The highest BCUT2D eigenvalue weighted by molar-refractivity contribution is 5.90. The number of hydrogen-bond donors (Lipinski definition) is 3. The highest BCUT2D eigenvalue weighted by Gasteiger charge is 2.29. The van der Waals surface area contributed by atoms with Crippen LogP contribution in [0.25, 0.3) is 0 Å². The van der Waals surface area contributed by atoms with E-state index >= 15 is 0 Å². The summed E-state index contributed by atoms with van der Waals surface area (Å²) in [4.78, 5) is 35.1. The first-order chi connectivity index (χ1) is 10.00. The van der Waals surface area contributed by atoms with Crippen molar-refractivity contribution in [2.75, 3.05) is 26.2 Å². The zero-order chi connectivity index (χ0) is 17.4. The number of carbonyl (C=O) groups excluding carboxylic acids is 3. The Hall–Kier alpha value is -1.11. The maximum atomic E-state index is 12.2. The van der Waals surface area contributed by atoms with E-state index in [1.807, 2.05) is 20.8 Å². The molecular formula is C16H31N3O3. The van der Waals surface area contributed by atoms with Crippen molar-refractivity contribution >= 4 is 17.3 Å². The van der Waals surface area contributed by atoms with E-state index in [9.17, 15) is 14.4 Å². The Morgan fingerprint density at radius 2 is 1.50 bits per heavy atom. The Balaban J connectivity index is 4.36. The summed E-state index contributed by atoms with van der Waals surface area (Å²) in [7, 11) is 0. The molecule has 6 nitrogen and oxygen atoms in total. The number of nitrogens with one attached hydrogen (secondary N) is 3. The van der Waals surface area contributed by atoms with Gasteiger partial charge in [0.1, 0.15) is 11.6 Å². The number of hydrogen-bond acceptors (Lipinski definition) is 6. The lowest BCUT2D eigenvalue weighted by Crippen LogP contribution is -2.54. The molecule has 0 amide bonds. The van der Waals surface area contributed by atoms with E-state index in [0.717, 1.165) is 6.54 Å². The fraction of sp³-hybridized carbons (Fsp3) is 0.812. The molecule has 0 bridgehead atoms. The van der Waals surface area contributed by atoms with Crippen molar-refractivity contribution in [3.05, 3.63) is 0 Å². The third-order valence-corrected chi connectivity index (χ3v) is 3.42. The fourth-order valence-corrected chi connectivity index (χ4v) is 1.87. The van der Waals surface area contributed by atoms with Gasteiger partial charge in [-0.3, -0.25) is 19.7 Å². The Labute approximate surface area is 133 Å². The predicted octanol–water partition coefficient (Wildman–Crippen LogP) is 0.450. The van der Waals surface area contributed by atoms with E-state index in [2.05, 4.69) is 16.0 Å². The monoisotopic (exact) mass is 313 g/mol. The largest absolute Gasteiger partial charge is 0.310 e. The van der Waals surface area contributed by atoms with Gasteiger partial charge in [-0.25, -0.2) is 0 Å². The van der Waals surface area contributed by atoms with Crippen LogP contribution in [0, 0.1) is 0 Å². The fourth-order valence-electron chi connectivity index (χ4n) is 1.87. The van der Waals surface area contributed by atoms with Crippen LogP contribution >= 0.6 is 0 Å². The maximum absolute atomic E-state index is 12.2. The second-order valence-electron chi connectivity index (χ2n) is 6.84. The molecule has 0 aliphatic carbocycles. The molecule has 0 radical (unpaired) electrons. The van der Waals surface area contributed by atoms with Crippen LogP contribution in [0.5, 0.6) is 0 Å². The van der Waals surface area contributed by atoms with Crippen LogP contribution in [0.4, 0.5) is 0 Å². The molecule has 3 N–H and O–H groups in total. The summed E-state index contributed by atoms with van der Waals surface area (Å²) in [5.74, 6) is 0.0601. The third kappa shape index (κ3) is 9.02. The molecule has 0 unspecified atom stereocenters. The first kappa shape index (κ1) is 20.9. The minimum Gasteiger partial charge on any atom is -0.310 e. The van der Waals surface area contributed by atoms with Crippen LogP contribution in [0.15, 0.2) is 0 Å². The minimum atomic E-state index is -0.775. The van der Waals surface area contributed by atoms with Crippen molar-refractivity contribution in [3.63, 3.8) is 0 Å². The Morgan fingerprint density at radius 3 is 2.00 bits per heavy atom. The lowest BCUT2D eigenvalue weighted by molar-refractivity contribution is -0.125. The summed E-state index contributed by atoms with van der Waals surface area (Å²) < 4.78 is 0. The molecule has 128 valence electrons. The summed E-state index contributed by atoms with van der Waals surface area (Å²) >= 11 is 0. The number of Topliss-reactive ketones (excluding diaryl/α,β-unsaturated/α-hetero) is 3. The second kappa shape index (κ2) is 9.12. The van der Waals surface area contributed by atoms with Crippen molar-refractivity contribution < 1.29 is 14.4 Å². The van der Waals surface area contributed by atoms with Gasteiger partial charge in [0.25, 0.3) is 0 Å². The summed E-state index contributed by atoms with van der Waals surface area (Å²) in [6.07, 6.45) is 0.356. The standard InChI is InChI=1S/C16H31N3O3/c1-7-17-10-13(21)8-15(3,4)18-11-14(22)16(5,6)19-9-12(2)20/h17-19H,7-11H2,1-6H3. The van der Waals surface area contributed by atoms with Crippen LogP contribution in [0.2, 0.25) is 0 Å². The van der Waals surface area contributed by atoms with Gasteiger partial charge in [-0.15, -0.1) is 0 Å². The van der Waals surface area contributed by atoms with Crippen molar-refractivity contribution in [1.82, 2.24) is 16.0 Å². The average molecular weight is 313 g/mol. The molecule has 0 saturated heterocycles.